The number of carboxylic acid groups (broad SMARTS) is 1. The maximum atomic E-state index is 12.5. The summed E-state index contributed by atoms with van der Waals surface area (Å²) in [5.41, 5.74) is 2.14. The van der Waals surface area contributed by atoms with Gasteiger partial charge in [0.05, 0.1) is 22.2 Å². The molecule has 2 aromatic carbocycles. The van der Waals surface area contributed by atoms with E-state index >= 15 is 0 Å². The molecular formula is C27H31N5O4. The molecule has 2 aromatic rings. The van der Waals surface area contributed by atoms with Crippen LogP contribution in [0.5, 0.6) is 0 Å². The molecule has 0 amide bonds. The number of piperidine rings is 1. The van der Waals surface area contributed by atoms with Crippen molar-refractivity contribution >= 4 is 17.3 Å². The Morgan fingerprint density at radius 1 is 1.08 bits per heavy atom. The number of hydrazine groups is 1. The molecule has 2 N–H and O–H groups in total. The number of para-hydroxylation sites is 1. The molecule has 3 aliphatic rings. The largest absolute Gasteiger partial charge is 0.478 e. The van der Waals surface area contributed by atoms with Crippen LogP contribution < -0.4 is 10.3 Å². The summed E-state index contributed by atoms with van der Waals surface area (Å²) in [6.07, 6.45) is 6.76. The van der Waals surface area contributed by atoms with Crippen molar-refractivity contribution in [2.75, 3.05) is 24.6 Å². The first kappa shape index (κ1) is 23.9. The second-order valence-corrected chi connectivity index (χ2v) is 9.56. The molecule has 0 spiro atoms. The molecule has 0 aliphatic carbocycles. The van der Waals surface area contributed by atoms with Crippen molar-refractivity contribution in [3.8, 4) is 0 Å². The third-order valence-corrected chi connectivity index (χ3v) is 7.22. The number of hydrogen-bond donors (Lipinski definition) is 2. The van der Waals surface area contributed by atoms with E-state index in [1.807, 2.05) is 35.3 Å². The lowest BCUT2D eigenvalue weighted by Gasteiger charge is -2.45. The van der Waals surface area contributed by atoms with Gasteiger partial charge in [-0.05, 0) is 63.0 Å². The fourth-order valence-electron chi connectivity index (χ4n) is 5.55. The van der Waals surface area contributed by atoms with Gasteiger partial charge in [-0.2, -0.15) is 0 Å². The van der Waals surface area contributed by atoms with Gasteiger partial charge in [0, 0.05) is 24.4 Å². The number of nitrogens with zero attached hydrogens (tertiary/aromatic N) is 4. The third kappa shape index (κ3) is 4.54. The molecule has 0 bridgehead atoms. The van der Waals surface area contributed by atoms with Crippen LogP contribution in [0.2, 0.25) is 0 Å². The van der Waals surface area contributed by atoms with E-state index in [1.54, 1.807) is 19.1 Å². The Hall–Kier alpha value is -3.85. The summed E-state index contributed by atoms with van der Waals surface area (Å²) in [6, 6.07) is 15.5. The second kappa shape index (κ2) is 10.0. The number of hydrogen-bond acceptors (Lipinski definition) is 7. The Bertz CT molecular complexity index is 1210. The van der Waals surface area contributed by atoms with Crippen molar-refractivity contribution in [2.24, 2.45) is 0 Å². The van der Waals surface area contributed by atoms with Gasteiger partial charge in [-0.25, -0.2) is 4.79 Å². The molecule has 5 rings (SSSR count). The molecule has 9 nitrogen and oxygen atoms in total. The molecule has 0 aromatic heterocycles. The molecule has 9 heteroatoms. The number of anilines is 1. The second-order valence-electron chi connectivity index (χ2n) is 9.56. The minimum Gasteiger partial charge on any atom is -0.478 e. The fourth-order valence-corrected chi connectivity index (χ4v) is 5.55. The highest BCUT2D eigenvalue weighted by molar-refractivity contribution is 5.90. The topological polar surface area (TPSA) is 102 Å². The van der Waals surface area contributed by atoms with Crippen LogP contribution in [0.3, 0.4) is 0 Å². The summed E-state index contributed by atoms with van der Waals surface area (Å²) in [4.78, 5) is 26.1. The summed E-state index contributed by atoms with van der Waals surface area (Å²) in [5.74, 6) is -0.262. The Balaban J connectivity index is 1.57. The van der Waals surface area contributed by atoms with Gasteiger partial charge in [0.25, 0.3) is 5.69 Å². The first-order valence-corrected chi connectivity index (χ1v) is 12.5. The first-order chi connectivity index (χ1) is 17.4. The average Bonchev–Trinajstić information content (AvgIpc) is 3.25. The molecule has 2 unspecified atom stereocenters. The zero-order valence-corrected chi connectivity index (χ0v) is 20.3. The lowest BCUT2D eigenvalue weighted by Crippen LogP contribution is -2.51. The molecule has 3 aliphatic heterocycles. The number of nitro benzene ring substituents is 1. The van der Waals surface area contributed by atoms with Crippen molar-refractivity contribution in [2.45, 2.75) is 44.7 Å². The number of likely N-dealkylation sites (tertiary alicyclic amines) is 1. The average molecular weight is 490 g/mol. The summed E-state index contributed by atoms with van der Waals surface area (Å²) in [6.45, 7) is 4.92. The Morgan fingerprint density at radius 2 is 1.83 bits per heavy atom. The van der Waals surface area contributed by atoms with E-state index in [4.69, 9.17) is 0 Å². The van der Waals surface area contributed by atoms with E-state index in [1.165, 1.54) is 31.4 Å². The Morgan fingerprint density at radius 3 is 2.53 bits per heavy atom. The van der Waals surface area contributed by atoms with Gasteiger partial charge < -0.3 is 15.3 Å². The van der Waals surface area contributed by atoms with E-state index in [9.17, 15) is 20.0 Å². The van der Waals surface area contributed by atoms with Gasteiger partial charge in [0.15, 0.2) is 0 Å². The molecule has 3 heterocycles. The predicted molar refractivity (Wildman–Crippen MR) is 137 cm³/mol. The standard InChI is InChI=1S/C27H31N5O4/c1-19-25(27(33)34)26(20-9-8-12-23(17-20)32(35)36)31-24(28-19)18-22(13-16-29-14-6-3-7-15-29)30(31)21-10-4-2-5-11-21/h2,4-5,8-12,17-18,22,26,28H,3,6-7,13-16H2,1H3,(H,33,34). The van der Waals surface area contributed by atoms with Crippen LogP contribution in [-0.4, -0.2) is 51.6 Å². The number of carboxylic acids is 1. The quantitative estimate of drug-likeness (QED) is 0.435. The number of aliphatic carboxylic acids is 1. The van der Waals surface area contributed by atoms with E-state index in [-0.39, 0.29) is 17.3 Å². The highest BCUT2D eigenvalue weighted by atomic mass is 16.6. The number of fused-ring (bicyclic) bond motifs is 1. The molecule has 0 saturated carbocycles. The molecule has 0 radical (unpaired) electrons. The van der Waals surface area contributed by atoms with Crippen LogP contribution in [0.4, 0.5) is 11.4 Å². The highest BCUT2D eigenvalue weighted by Crippen LogP contribution is 2.44. The third-order valence-electron chi connectivity index (χ3n) is 7.22. The molecule has 1 saturated heterocycles. The molecule has 1 fully saturated rings. The normalized spacial score (nSPS) is 22.2. The number of non-ortho nitro benzene ring substituents is 1. The number of carbonyl (C=O) groups is 1. The van der Waals surface area contributed by atoms with E-state index in [0.717, 1.165) is 37.6 Å². The van der Waals surface area contributed by atoms with Crippen molar-refractivity contribution in [3.63, 3.8) is 0 Å². The van der Waals surface area contributed by atoms with E-state index in [2.05, 4.69) is 21.3 Å². The van der Waals surface area contributed by atoms with Crippen LogP contribution in [0.25, 0.3) is 0 Å². The Kier molecular flexibility index (Phi) is 6.65. The van der Waals surface area contributed by atoms with Crippen LogP contribution in [0, 0.1) is 10.1 Å². The van der Waals surface area contributed by atoms with Crippen molar-refractivity contribution in [1.82, 2.24) is 15.2 Å². The zero-order valence-electron chi connectivity index (χ0n) is 20.3. The van der Waals surface area contributed by atoms with Gasteiger partial charge >= 0.3 is 5.97 Å². The number of rotatable bonds is 7. The maximum absolute atomic E-state index is 12.5. The SMILES string of the molecule is CC1=C(C(=O)O)C(c2cccc([N+](=O)[O-])c2)N2C(=CC(CCN3CCCCC3)N2c2ccccc2)N1. The van der Waals surface area contributed by atoms with E-state index < -0.39 is 16.9 Å². The zero-order chi connectivity index (χ0) is 25.2. The minimum absolute atomic E-state index is 0.000954. The maximum Gasteiger partial charge on any atom is 0.335 e. The number of allylic oxidation sites excluding steroid dienone is 1. The summed E-state index contributed by atoms with van der Waals surface area (Å²) < 4.78 is 0. The molecule has 2 atom stereocenters. The van der Waals surface area contributed by atoms with Crippen LogP contribution >= 0.6 is 0 Å². The summed E-state index contributed by atoms with van der Waals surface area (Å²) in [7, 11) is 0. The lowest BCUT2D eigenvalue weighted by atomic mass is 9.94. The highest BCUT2D eigenvalue weighted by Gasteiger charge is 2.44. The summed E-state index contributed by atoms with van der Waals surface area (Å²) in [5, 5.41) is 29.2. The van der Waals surface area contributed by atoms with Gasteiger partial charge in [0.1, 0.15) is 11.9 Å². The number of nitro groups is 1. The monoisotopic (exact) mass is 489 g/mol. The van der Waals surface area contributed by atoms with Gasteiger partial charge in [-0.3, -0.25) is 20.1 Å². The van der Waals surface area contributed by atoms with Crippen LogP contribution in [-0.2, 0) is 4.79 Å². The molecule has 36 heavy (non-hydrogen) atoms. The van der Waals surface area contributed by atoms with Gasteiger partial charge in [-0.1, -0.05) is 36.8 Å². The van der Waals surface area contributed by atoms with E-state index in [0.29, 0.717) is 11.3 Å². The molecular weight excluding hydrogens is 458 g/mol. The summed E-state index contributed by atoms with van der Waals surface area (Å²) >= 11 is 0. The number of nitrogens with one attached hydrogen (secondary N) is 1. The lowest BCUT2D eigenvalue weighted by molar-refractivity contribution is -0.384. The van der Waals surface area contributed by atoms with Crippen LogP contribution in [0.15, 0.2) is 77.8 Å². The molecule has 188 valence electrons. The van der Waals surface area contributed by atoms with Gasteiger partial charge in [0.2, 0.25) is 0 Å². The minimum atomic E-state index is -1.06. The smallest absolute Gasteiger partial charge is 0.335 e. The Labute approximate surface area is 210 Å². The number of benzene rings is 2. The van der Waals surface area contributed by atoms with Crippen molar-refractivity contribution < 1.29 is 14.8 Å². The van der Waals surface area contributed by atoms with Gasteiger partial charge in [-0.15, -0.1) is 0 Å². The fraction of sp³-hybridized carbons (Fsp3) is 0.370. The van der Waals surface area contributed by atoms with Crippen LogP contribution in [0.1, 0.15) is 44.2 Å². The first-order valence-electron chi connectivity index (χ1n) is 12.5. The van der Waals surface area contributed by atoms with Crippen molar-refractivity contribution in [3.05, 3.63) is 93.4 Å². The predicted octanol–water partition coefficient (Wildman–Crippen LogP) is 4.42. The van der Waals surface area contributed by atoms with Crippen molar-refractivity contribution in [1.29, 1.82) is 0 Å².